The summed E-state index contributed by atoms with van der Waals surface area (Å²) in [7, 11) is 0. The van der Waals surface area contributed by atoms with E-state index in [-0.39, 0.29) is 12.2 Å². The van der Waals surface area contributed by atoms with Crippen LogP contribution in [-0.4, -0.2) is 35.0 Å². The predicted molar refractivity (Wildman–Crippen MR) is 79.1 cm³/mol. The molecular weight excluding hydrogens is 256 g/mol. The topological polar surface area (TPSA) is 58.9 Å². The lowest BCUT2D eigenvalue weighted by Crippen LogP contribution is -2.33. The molecule has 0 aromatic carbocycles. The van der Waals surface area contributed by atoms with E-state index in [0.29, 0.717) is 6.42 Å². The van der Waals surface area contributed by atoms with Crippen LogP contribution in [0.2, 0.25) is 0 Å². The normalized spacial score (nSPS) is 25.7. The fraction of sp³-hybridized carbons (Fsp3) is 0.750. The molecule has 1 saturated carbocycles. The van der Waals surface area contributed by atoms with Gasteiger partial charge in [-0.1, -0.05) is 11.1 Å². The van der Waals surface area contributed by atoms with Crippen molar-refractivity contribution in [1.82, 2.24) is 0 Å². The first kappa shape index (κ1) is 17.4. The van der Waals surface area contributed by atoms with E-state index in [1.165, 1.54) is 0 Å². The van der Waals surface area contributed by atoms with Gasteiger partial charge in [-0.05, 0) is 59.1 Å². The van der Waals surface area contributed by atoms with Crippen molar-refractivity contribution in [3.05, 3.63) is 23.3 Å². The molecule has 4 atom stereocenters. The zero-order valence-electron chi connectivity index (χ0n) is 13.0. The van der Waals surface area contributed by atoms with E-state index in [1.54, 1.807) is 12.2 Å². The second kappa shape index (κ2) is 8.57. The van der Waals surface area contributed by atoms with Gasteiger partial charge in [0, 0.05) is 6.42 Å². The van der Waals surface area contributed by atoms with Crippen LogP contribution in [0.25, 0.3) is 0 Å². The Kier molecular flexibility index (Phi) is 7.45. The number of aliphatic hydroxyl groups is 2. The summed E-state index contributed by atoms with van der Waals surface area (Å²) in [5.41, 5.74) is 2.06. The SMILES string of the molecule is CC(C)=CC(O)OC1CCCC(OC(O)C=C(C)C)C1. The van der Waals surface area contributed by atoms with Crippen LogP contribution in [0.15, 0.2) is 23.3 Å². The molecule has 0 radical (unpaired) electrons. The van der Waals surface area contributed by atoms with Crippen molar-refractivity contribution >= 4 is 0 Å². The van der Waals surface area contributed by atoms with Crippen LogP contribution in [0.4, 0.5) is 0 Å². The van der Waals surface area contributed by atoms with Crippen molar-refractivity contribution in [2.45, 2.75) is 78.2 Å². The summed E-state index contributed by atoms with van der Waals surface area (Å²) in [4.78, 5) is 0. The van der Waals surface area contributed by atoms with Crippen LogP contribution >= 0.6 is 0 Å². The van der Waals surface area contributed by atoms with Crippen LogP contribution in [0.3, 0.4) is 0 Å². The third-order valence-corrected chi connectivity index (χ3v) is 3.19. The lowest BCUT2D eigenvalue weighted by Gasteiger charge is -2.31. The second-order valence-electron chi connectivity index (χ2n) is 5.95. The molecule has 1 rings (SSSR count). The van der Waals surface area contributed by atoms with Crippen molar-refractivity contribution in [1.29, 1.82) is 0 Å². The highest BCUT2D eigenvalue weighted by Crippen LogP contribution is 2.25. The molecule has 0 amide bonds. The molecule has 4 unspecified atom stereocenters. The molecule has 4 nitrogen and oxygen atoms in total. The number of hydrogen-bond donors (Lipinski definition) is 2. The molecule has 1 aliphatic carbocycles. The van der Waals surface area contributed by atoms with Gasteiger partial charge in [0.15, 0.2) is 12.6 Å². The molecule has 0 heterocycles. The molecule has 1 fully saturated rings. The first-order valence-electron chi connectivity index (χ1n) is 7.34. The summed E-state index contributed by atoms with van der Waals surface area (Å²) in [5.74, 6) is 0. The van der Waals surface area contributed by atoms with Gasteiger partial charge in [0.1, 0.15) is 0 Å². The molecule has 2 N–H and O–H groups in total. The summed E-state index contributed by atoms with van der Waals surface area (Å²) in [6.07, 6.45) is 5.19. The van der Waals surface area contributed by atoms with E-state index in [4.69, 9.17) is 9.47 Å². The second-order valence-corrected chi connectivity index (χ2v) is 5.95. The Morgan fingerprint density at radius 1 is 0.900 bits per heavy atom. The fourth-order valence-electron chi connectivity index (χ4n) is 2.39. The Morgan fingerprint density at radius 3 is 1.65 bits per heavy atom. The third-order valence-electron chi connectivity index (χ3n) is 3.19. The maximum atomic E-state index is 9.76. The van der Waals surface area contributed by atoms with Gasteiger partial charge in [-0.2, -0.15) is 0 Å². The number of ether oxygens (including phenoxy) is 2. The maximum Gasteiger partial charge on any atom is 0.174 e. The van der Waals surface area contributed by atoms with E-state index in [2.05, 4.69) is 0 Å². The smallest absolute Gasteiger partial charge is 0.174 e. The molecule has 0 aromatic heterocycles. The average Bonchev–Trinajstić information content (AvgIpc) is 2.26. The van der Waals surface area contributed by atoms with E-state index in [1.807, 2.05) is 27.7 Å². The summed E-state index contributed by atoms with van der Waals surface area (Å²) in [6.45, 7) is 7.70. The predicted octanol–water partition coefficient (Wildman–Crippen LogP) is 2.90. The molecule has 20 heavy (non-hydrogen) atoms. The number of aliphatic hydroxyl groups excluding tert-OH is 2. The highest BCUT2D eigenvalue weighted by Gasteiger charge is 2.25. The number of rotatable bonds is 6. The Hall–Kier alpha value is -0.680. The standard InChI is InChI=1S/C16H28O4/c1-11(2)8-15(17)19-13-6-5-7-14(10-13)20-16(18)9-12(3)4/h8-9,13-18H,5-7,10H2,1-4H3. The average molecular weight is 284 g/mol. The van der Waals surface area contributed by atoms with Gasteiger partial charge < -0.3 is 19.7 Å². The third kappa shape index (κ3) is 7.20. The highest BCUT2D eigenvalue weighted by atomic mass is 16.6. The van der Waals surface area contributed by atoms with Gasteiger partial charge >= 0.3 is 0 Å². The lowest BCUT2D eigenvalue weighted by molar-refractivity contribution is -0.159. The minimum Gasteiger partial charge on any atom is -0.365 e. The molecule has 0 spiro atoms. The first-order valence-corrected chi connectivity index (χ1v) is 7.34. The van der Waals surface area contributed by atoms with Crippen LogP contribution in [0.1, 0.15) is 53.4 Å². The summed E-state index contributed by atoms with van der Waals surface area (Å²) in [5, 5.41) is 19.5. The lowest BCUT2D eigenvalue weighted by atomic mass is 9.95. The monoisotopic (exact) mass is 284 g/mol. The fourth-order valence-corrected chi connectivity index (χ4v) is 2.39. The quantitative estimate of drug-likeness (QED) is 0.581. The number of allylic oxidation sites excluding steroid dienone is 2. The molecule has 0 aromatic rings. The molecule has 116 valence electrons. The molecule has 1 aliphatic rings. The summed E-state index contributed by atoms with van der Waals surface area (Å²) >= 11 is 0. The van der Waals surface area contributed by atoms with Gasteiger partial charge in [0.05, 0.1) is 12.2 Å². The minimum absolute atomic E-state index is 0.0155. The zero-order valence-corrected chi connectivity index (χ0v) is 13.0. The van der Waals surface area contributed by atoms with Crippen molar-refractivity contribution in [3.8, 4) is 0 Å². The van der Waals surface area contributed by atoms with E-state index in [0.717, 1.165) is 30.4 Å². The Labute approximate surface area is 122 Å². The Morgan fingerprint density at radius 2 is 1.30 bits per heavy atom. The number of hydrogen-bond acceptors (Lipinski definition) is 4. The van der Waals surface area contributed by atoms with Crippen molar-refractivity contribution in [3.63, 3.8) is 0 Å². The van der Waals surface area contributed by atoms with Gasteiger partial charge in [0.25, 0.3) is 0 Å². The van der Waals surface area contributed by atoms with Crippen LogP contribution in [-0.2, 0) is 9.47 Å². The molecule has 0 saturated heterocycles. The highest BCUT2D eigenvalue weighted by molar-refractivity contribution is 4.96. The van der Waals surface area contributed by atoms with Crippen LogP contribution in [0.5, 0.6) is 0 Å². The van der Waals surface area contributed by atoms with Gasteiger partial charge in [-0.15, -0.1) is 0 Å². The molecular formula is C16H28O4. The van der Waals surface area contributed by atoms with Gasteiger partial charge in [-0.3, -0.25) is 0 Å². The van der Waals surface area contributed by atoms with E-state index >= 15 is 0 Å². The minimum atomic E-state index is -0.855. The largest absolute Gasteiger partial charge is 0.365 e. The Balaban J connectivity index is 2.42. The van der Waals surface area contributed by atoms with Gasteiger partial charge in [0.2, 0.25) is 0 Å². The summed E-state index contributed by atoms with van der Waals surface area (Å²) in [6, 6.07) is 0. The van der Waals surface area contributed by atoms with Crippen molar-refractivity contribution in [2.75, 3.05) is 0 Å². The first-order chi connectivity index (χ1) is 9.36. The summed E-state index contributed by atoms with van der Waals surface area (Å²) < 4.78 is 11.2. The zero-order chi connectivity index (χ0) is 15.1. The molecule has 4 heteroatoms. The molecule has 0 aliphatic heterocycles. The van der Waals surface area contributed by atoms with Gasteiger partial charge in [-0.25, -0.2) is 0 Å². The van der Waals surface area contributed by atoms with E-state index in [9.17, 15) is 10.2 Å². The van der Waals surface area contributed by atoms with Crippen LogP contribution in [0, 0.1) is 0 Å². The van der Waals surface area contributed by atoms with Crippen molar-refractivity contribution in [2.24, 2.45) is 0 Å². The van der Waals surface area contributed by atoms with Crippen LogP contribution < -0.4 is 0 Å². The van der Waals surface area contributed by atoms with E-state index < -0.39 is 12.6 Å². The van der Waals surface area contributed by atoms with Crippen molar-refractivity contribution < 1.29 is 19.7 Å². The maximum absolute atomic E-state index is 9.76. The molecule has 0 bridgehead atoms. The Bertz CT molecular complexity index is 308.